The molecule has 1 unspecified atom stereocenters. The smallest absolute Gasteiger partial charge is 0.138 e. The molecule has 19 heavy (non-hydrogen) atoms. The lowest BCUT2D eigenvalue weighted by atomic mass is 9.94. The molecule has 2 rings (SSSR count). The van der Waals surface area contributed by atoms with E-state index >= 15 is 0 Å². The van der Waals surface area contributed by atoms with E-state index in [-0.39, 0.29) is 11.7 Å². The summed E-state index contributed by atoms with van der Waals surface area (Å²) in [6.07, 6.45) is 2.07. The first-order valence-corrected chi connectivity index (χ1v) is 7.53. The fourth-order valence-corrected chi connectivity index (χ4v) is 2.64. The summed E-state index contributed by atoms with van der Waals surface area (Å²) in [5, 5.41) is 3.50. The number of benzene rings is 1. The lowest BCUT2D eigenvalue weighted by Crippen LogP contribution is -2.38. The molecule has 1 aliphatic heterocycles. The number of hydrogen-bond acceptors (Lipinski definition) is 3. The van der Waals surface area contributed by atoms with Crippen molar-refractivity contribution in [1.82, 2.24) is 5.32 Å². The van der Waals surface area contributed by atoms with Gasteiger partial charge < -0.3 is 10.1 Å². The molecule has 1 heterocycles. The molecular weight excluding hydrogens is 306 g/mol. The number of nitrogens with one attached hydrogen (secondary N) is 1. The zero-order valence-electron chi connectivity index (χ0n) is 11.2. The van der Waals surface area contributed by atoms with Gasteiger partial charge in [-0.25, -0.2) is 0 Å². The number of Topliss-reactive ketones (excluding diaryl/α,β-unsaturated/α-hetero) is 1. The SMILES string of the molecule is CC(=O)C(CNC1CCOCC1)c1ccc(Br)cc1. The summed E-state index contributed by atoms with van der Waals surface area (Å²) >= 11 is 3.42. The second kappa shape index (κ2) is 7.17. The molecule has 0 aliphatic carbocycles. The van der Waals surface area contributed by atoms with Gasteiger partial charge in [0, 0.05) is 30.3 Å². The lowest BCUT2D eigenvalue weighted by Gasteiger charge is -2.25. The van der Waals surface area contributed by atoms with Crippen molar-refractivity contribution in [3.63, 3.8) is 0 Å². The molecule has 3 nitrogen and oxygen atoms in total. The van der Waals surface area contributed by atoms with E-state index in [1.165, 1.54) is 0 Å². The molecule has 0 saturated carbocycles. The molecule has 1 aliphatic rings. The largest absolute Gasteiger partial charge is 0.381 e. The molecule has 1 N–H and O–H groups in total. The van der Waals surface area contributed by atoms with Gasteiger partial charge in [-0.05, 0) is 37.5 Å². The zero-order chi connectivity index (χ0) is 13.7. The molecule has 4 heteroatoms. The van der Waals surface area contributed by atoms with Crippen LogP contribution < -0.4 is 5.32 Å². The molecular formula is C15H20BrNO2. The maximum atomic E-state index is 11.8. The summed E-state index contributed by atoms with van der Waals surface area (Å²) < 4.78 is 6.38. The van der Waals surface area contributed by atoms with E-state index in [2.05, 4.69) is 21.2 Å². The number of ketones is 1. The first-order chi connectivity index (χ1) is 9.16. The molecule has 0 aromatic heterocycles. The van der Waals surface area contributed by atoms with E-state index < -0.39 is 0 Å². The predicted molar refractivity (Wildman–Crippen MR) is 79.4 cm³/mol. The van der Waals surface area contributed by atoms with E-state index in [0.717, 1.165) is 36.1 Å². The highest BCUT2D eigenvalue weighted by Gasteiger charge is 2.19. The summed E-state index contributed by atoms with van der Waals surface area (Å²) in [6, 6.07) is 8.48. The lowest BCUT2D eigenvalue weighted by molar-refractivity contribution is -0.118. The number of ether oxygens (including phenoxy) is 1. The van der Waals surface area contributed by atoms with E-state index in [9.17, 15) is 4.79 Å². The van der Waals surface area contributed by atoms with Crippen LogP contribution in [0.4, 0.5) is 0 Å². The van der Waals surface area contributed by atoms with E-state index in [4.69, 9.17) is 4.74 Å². The van der Waals surface area contributed by atoms with Crippen molar-refractivity contribution in [2.75, 3.05) is 19.8 Å². The van der Waals surface area contributed by atoms with Crippen molar-refractivity contribution in [3.8, 4) is 0 Å². The molecule has 0 bridgehead atoms. The van der Waals surface area contributed by atoms with Gasteiger partial charge in [-0.1, -0.05) is 28.1 Å². The van der Waals surface area contributed by atoms with Crippen molar-refractivity contribution in [2.45, 2.75) is 31.7 Å². The number of halogens is 1. The van der Waals surface area contributed by atoms with Gasteiger partial charge in [0.2, 0.25) is 0 Å². The van der Waals surface area contributed by atoms with Crippen molar-refractivity contribution in [1.29, 1.82) is 0 Å². The maximum Gasteiger partial charge on any atom is 0.138 e. The van der Waals surface area contributed by atoms with Gasteiger partial charge in [0.05, 0.1) is 5.92 Å². The second-order valence-electron chi connectivity index (χ2n) is 5.01. The molecule has 1 fully saturated rings. The maximum absolute atomic E-state index is 11.8. The van der Waals surface area contributed by atoms with Crippen LogP contribution in [-0.4, -0.2) is 31.6 Å². The highest BCUT2D eigenvalue weighted by molar-refractivity contribution is 9.10. The quantitative estimate of drug-likeness (QED) is 0.904. The Morgan fingerprint density at radius 3 is 2.58 bits per heavy atom. The molecule has 0 radical (unpaired) electrons. The Hall–Kier alpha value is -0.710. The number of rotatable bonds is 5. The fourth-order valence-electron chi connectivity index (χ4n) is 2.38. The van der Waals surface area contributed by atoms with Crippen LogP contribution >= 0.6 is 15.9 Å². The molecule has 1 aromatic rings. The summed E-state index contributed by atoms with van der Waals surface area (Å²) in [5.74, 6) is 0.151. The Morgan fingerprint density at radius 2 is 2.00 bits per heavy atom. The van der Waals surface area contributed by atoms with Crippen molar-refractivity contribution in [2.24, 2.45) is 0 Å². The average molecular weight is 326 g/mol. The molecule has 104 valence electrons. The van der Waals surface area contributed by atoms with E-state index in [1.807, 2.05) is 24.3 Å². The Morgan fingerprint density at radius 1 is 1.37 bits per heavy atom. The third-order valence-electron chi connectivity index (χ3n) is 3.60. The second-order valence-corrected chi connectivity index (χ2v) is 5.93. The first-order valence-electron chi connectivity index (χ1n) is 6.74. The topological polar surface area (TPSA) is 38.3 Å². The summed E-state index contributed by atoms with van der Waals surface area (Å²) in [4.78, 5) is 11.8. The summed E-state index contributed by atoms with van der Waals surface area (Å²) in [6.45, 7) is 4.02. The monoisotopic (exact) mass is 325 g/mol. The van der Waals surface area contributed by atoms with Gasteiger partial charge in [-0.2, -0.15) is 0 Å². The van der Waals surface area contributed by atoms with Gasteiger partial charge in [0.1, 0.15) is 5.78 Å². The Labute approximate surface area is 122 Å². The van der Waals surface area contributed by atoms with Crippen LogP contribution in [0.3, 0.4) is 0 Å². The number of carbonyl (C=O) groups excluding carboxylic acids is 1. The standard InChI is InChI=1S/C15H20BrNO2/c1-11(18)15(12-2-4-13(16)5-3-12)10-17-14-6-8-19-9-7-14/h2-5,14-15,17H,6-10H2,1H3. The molecule has 0 spiro atoms. The van der Waals surface area contributed by atoms with E-state index in [1.54, 1.807) is 6.92 Å². The van der Waals surface area contributed by atoms with E-state index in [0.29, 0.717) is 12.6 Å². The summed E-state index contributed by atoms with van der Waals surface area (Å²) in [5.41, 5.74) is 1.08. The van der Waals surface area contributed by atoms with Gasteiger partial charge in [0.25, 0.3) is 0 Å². The van der Waals surface area contributed by atoms with Crippen LogP contribution in [0, 0.1) is 0 Å². The van der Waals surface area contributed by atoms with Crippen LogP contribution in [0.5, 0.6) is 0 Å². The molecule has 1 saturated heterocycles. The van der Waals surface area contributed by atoms with Crippen LogP contribution in [0.1, 0.15) is 31.2 Å². The minimum absolute atomic E-state index is 0.0593. The highest BCUT2D eigenvalue weighted by Crippen LogP contribution is 2.20. The minimum Gasteiger partial charge on any atom is -0.381 e. The van der Waals surface area contributed by atoms with Crippen LogP contribution in [0.15, 0.2) is 28.7 Å². The predicted octanol–water partition coefficient (Wildman–Crippen LogP) is 2.89. The Kier molecular flexibility index (Phi) is 5.55. The number of carbonyl (C=O) groups is 1. The minimum atomic E-state index is -0.0593. The Bertz CT molecular complexity index is 413. The third kappa shape index (κ3) is 4.41. The van der Waals surface area contributed by atoms with Gasteiger partial charge in [-0.3, -0.25) is 4.79 Å². The normalized spacial score (nSPS) is 18.2. The number of hydrogen-bond donors (Lipinski definition) is 1. The first kappa shape index (κ1) is 14.7. The molecule has 0 amide bonds. The Balaban J connectivity index is 1.96. The van der Waals surface area contributed by atoms with Crippen molar-refractivity contribution < 1.29 is 9.53 Å². The van der Waals surface area contributed by atoms with Gasteiger partial charge >= 0.3 is 0 Å². The summed E-state index contributed by atoms with van der Waals surface area (Å²) in [7, 11) is 0. The van der Waals surface area contributed by atoms with Gasteiger partial charge in [-0.15, -0.1) is 0 Å². The molecule has 1 aromatic carbocycles. The van der Waals surface area contributed by atoms with Crippen molar-refractivity contribution >= 4 is 21.7 Å². The molecule has 1 atom stereocenters. The van der Waals surface area contributed by atoms with Crippen LogP contribution in [0.2, 0.25) is 0 Å². The van der Waals surface area contributed by atoms with Gasteiger partial charge in [0.15, 0.2) is 0 Å². The average Bonchev–Trinajstić information content (AvgIpc) is 2.42. The fraction of sp³-hybridized carbons (Fsp3) is 0.533. The van der Waals surface area contributed by atoms with Crippen molar-refractivity contribution in [3.05, 3.63) is 34.3 Å². The zero-order valence-corrected chi connectivity index (χ0v) is 12.8. The highest BCUT2D eigenvalue weighted by atomic mass is 79.9. The van der Waals surface area contributed by atoms with Crippen LogP contribution in [-0.2, 0) is 9.53 Å². The third-order valence-corrected chi connectivity index (χ3v) is 4.12. The van der Waals surface area contributed by atoms with Crippen LogP contribution in [0.25, 0.3) is 0 Å².